The summed E-state index contributed by atoms with van der Waals surface area (Å²) in [4.78, 5) is 29.1. The molecule has 0 unspecified atom stereocenters. The van der Waals surface area contributed by atoms with Crippen LogP contribution in [0.15, 0.2) is 30.5 Å². The van der Waals surface area contributed by atoms with Gasteiger partial charge in [-0.15, -0.1) is 0 Å². The van der Waals surface area contributed by atoms with Gasteiger partial charge in [0.1, 0.15) is 5.82 Å². The highest BCUT2D eigenvalue weighted by molar-refractivity contribution is 6.07. The summed E-state index contributed by atoms with van der Waals surface area (Å²) in [5.41, 5.74) is 2.48. The van der Waals surface area contributed by atoms with Crippen molar-refractivity contribution in [3.8, 4) is 0 Å². The topological polar surface area (TPSA) is 64.6 Å². The van der Waals surface area contributed by atoms with Crippen molar-refractivity contribution in [3.63, 3.8) is 0 Å². The van der Waals surface area contributed by atoms with Gasteiger partial charge in [-0.05, 0) is 58.0 Å². The number of fused-ring (bicyclic) bond motifs is 1. The van der Waals surface area contributed by atoms with Crippen molar-refractivity contribution in [3.05, 3.63) is 36.0 Å². The third kappa shape index (κ3) is 3.99. The van der Waals surface area contributed by atoms with E-state index in [1.165, 1.54) is 5.69 Å². The summed E-state index contributed by atoms with van der Waals surface area (Å²) in [6.45, 7) is 12.4. The molecule has 4 rings (SSSR count). The smallest absolute Gasteiger partial charge is 0.238 e. The molecule has 0 atom stereocenters. The highest BCUT2D eigenvalue weighted by Crippen LogP contribution is 2.42. The van der Waals surface area contributed by atoms with Gasteiger partial charge in [-0.25, -0.2) is 4.98 Å². The van der Waals surface area contributed by atoms with Gasteiger partial charge in [0.15, 0.2) is 0 Å². The molecule has 7 heteroatoms. The van der Waals surface area contributed by atoms with Crippen LogP contribution in [0.25, 0.3) is 0 Å². The predicted octanol–water partition coefficient (Wildman–Crippen LogP) is 3.78. The number of hydrogen-bond donors (Lipinski definition) is 1. The van der Waals surface area contributed by atoms with Crippen LogP contribution in [0, 0.1) is 0 Å². The number of hydrogen-bond acceptors (Lipinski definition) is 6. The average Bonchev–Trinajstić information content (AvgIpc) is 2.96. The molecule has 1 aromatic carbocycles. The van der Waals surface area contributed by atoms with E-state index in [0.717, 1.165) is 56.1 Å². The molecule has 1 N–H and O–H groups in total. The fourth-order valence-corrected chi connectivity index (χ4v) is 4.51. The van der Waals surface area contributed by atoms with Crippen molar-refractivity contribution < 1.29 is 4.79 Å². The van der Waals surface area contributed by atoms with Crippen LogP contribution in [-0.4, -0.2) is 60.0 Å². The van der Waals surface area contributed by atoms with E-state index >= 15 is 0 Å². The quantitative estimate of drug-likeness (QED) is 0.764. The first kappa shape index (κ1) is 21.6. The molecule has 0 aliphatic carbocycles. The number of anilines is 4. The number of carbonyl (C=O) groups excluding carboxylic acids is 1. The standard InChI is InChI=1S/C24H34N6O/c1-6-18(7-2)30-21-20(24(3,4)22(30)31)16-25-23(27-21)26-17-8-10-19(11-9-17)29-14-12-28(5)13-15-29/h8-11,16,18H,6-7,12-15H2,1-5H3,(H,25,26,27). The molecular formula is C24H34N6O. The van der Waals surface area contributed by atoms with Crippen LogP contribution in [0.5, 0.6) is 0 Å². The normalized spacial score (nSPS) is 18.6. The van der Waals surface area contributed by atoms with Crippen LogP contribution >= 0.6 is 0 Å². The Morgan fingerprint density at radius 3 is 2.32 bits per heavy atom. The molecular weight excluding hydrogens is 388 g/mol. The fourth-order valence-electron chi connectivity index (χ4n) is 4.51. The van der Waals surface area contributed by atoms with Crippen LogP contribution in [0.2, 0.25) is 0 Å². The minimum atomic E-state index is -0.597. The Kier molecular flexibility index (Phi) is 5.88. The maximum absolute atomic E-state index is 13.2. The van der Waals surface area contributed by atoms with Crippen molar-refractivity contribution in [2.75, 3.05) is 48.3 Å². The van der Waals surface area contributed by atoms with Gasteiger partial charge in [-0.2, -0.15) is 4.98 Å². The van der Waals surface area contributed by atoms with E-state index in [0.29, 0.717) is 5.95 Å². The van der Waals surface area contributed by atoms with Crippen LogP contribution in [0.3, 0.4) is 0 Å². The molecule has 2 aromatic rings. The third-order valence-electron chi connectivity index (χ3n) is 6.72. The van der Waals surface area contributed by atoms with Gasteiger partial charge in [0.25, 0.3) is 0 Å². The SMILES string of the molecule is CCC(CC)N1C(=O)C(C)(C)c2cnc(Nc3ccc(N4CCN(C)CC4)cc3)nc21. The zero-order valence-electron chi connectivity index (χ0n) is 19.4. The molecule has 2 aliphatic rings. The number of amides is 1. The number of nitrogens with zero attached hydrogens (tertiary/aromatic N) is 5. The van der Waals surface area contributed by atoms with Gasteiger partial charge < -0.3 is 15.1 Å². The monoisotopic (exact) mass is 422 g/mol. The molecule has 2 aliphatic heterocycles. The Bertz CT molecular complexity index is 930. The summed E-state index contributed by atoms with van der Waals surface area (Å²) in [5, 5.41) is 3.32. The van der Waals surface area contributed by atoms with Crippen molar-refractivity contribution >= 4 is 29.0 Å². The van der Waals surface area contributed by atoms with Crippen LogP contribution in [0.4, 0.5) is 23.1 Å². The summed E-state index contributed by atoms with van der Waals surface area (Å²) in [6.07, 6.45) is 3.61. The highest BCUT2D eigenvalue weighted by atomic mass is 16.2. The molecule has 1 amide bonds. The van der Waals surface area contributed by atoms with Crippen LogP contribution < -0.4 is 15.1 Å². The van der Waals surface area contributed by atoms with Crippen molar-refractivity contribution in [2.24, 2.45) is 0 Å². The summed E-state index contributed by atoms with van der Waals surface area (Å²) < 4.78 is 0. The van der Waals surface area contributed by atoms with Crippen molar-refractivity contribution in [2.45, 2.75) is 52.0 Å². The summed E-state index contributed by atoms with van der Waals surface area (Å²) >= 11 is 0. The molecule has 1 saturated heterocycles. The molecule has 166 valence electrons. The van der Waals surface area contributed by atoms with Gasteiger partial charge in [0, 0.05) is 55.4 Å². The maximum atomic E-state index is 13.2. The third-order valence-corrected chi connectivity index (χ3v) is 6.72. The largest absolute Gasteiger partial charge is 0.369 e. The van der Waals surface area contributed by atoms with Gasteiger partial charge in [-0.3, -0.25) is 9.69 Å². The van der Waals surface area contributed by atoms with Gasteiger partial charge in [-0.1, -0.05) is 13.8 Å². The van der Waals surface area contributed by atoms with E-state index in [1.54, 1.807) is 0 Å². The second-order valence-corrected chi connectivity index (χ2v) is 9.16. The molecule has 7 nitrogen and oxygen atoms in total. The Labute approximate surface area is 185 Å². The number of rotatable bonds is 6. The number of carbonyl (C=O) groups is 1. The average molecular weight is 423 g/mol. The maximum Gasteiger partial charge on any atom is 0.238 e. The zero-order valence-corrected chi connectivity index (χ0v) is 19.4. The van der Waals surface area contributed by atoms with Gasteiger partial charge in [0.05, 0.1) is 5.41 Å². The lowest BCUT2D eigenvalue weighted by Crippen LogP contribution is -2.44. The van der Waals surface area contributed by atoms with E-state index in [1.807, 2.05) is 24.9 Å². The first-order valence-electron chi connectivity index (χ1n) is 11.4. The van der Waals surface area contributed by atoms with E-state index in [-0.39, 0.29) is 11.9 Å². The molecule has 1 aromatic heterocycles. The van der Waals surface area contributed by atoms with Crippen molar-refractivity contribution in [1.29, 1.82) is 0 Å². The second kappa shape index (κ2) is 8.46. The molecule has 0 spiro atoms. The number of likely N-dealkylation sites (N-methyl/N-ethyl adjacent to an activating group) is 1. The van der Waals surface area contributed by atoms with E-state index in [9.17, 15) is 4.79 Å². The number of aromatic nitrogens is 2. The van der Waals surface area contributed by atoms with E-state index in [2.05, 4.69) is 65.3 Å². The molecule has 3 heterocycles. The highest BCUT2D eigenvalue weighted by Gasteiger charge is 2.47. The van der Waals surface area contributed by atoms with E-state index < -0.39 is 5.41 Å². The molecule has 31 heavy (non-hydrogen) atoms. The number of piperazine rings is 1. The van der Waals surface area contributed by atoms with Crippen LogP contribution in [-0.2, 0) is 10.2 Å². The fraction of sp³-hybridized carbons (Fsp3) is 0.542. The number of nitrogens with one attached hydrogen (secondary N) is 1. The predicted molar refractivity (Wildman–Crippen MR) is 126 cm³/mol. The van der Waals surface area contributed by atoms with Gasteiger partial charge >= 0.3 is 0 Å². The Balaban J connectivity index is 1.55. The Hall–Kier alpha value is -2.67. The Morgan fingerprint density at radius 2 is 1.71 bits per heavy atom. The van der Waals surface area contributed by atoms with Gasteiger partial charge in [0.2, 0.25) is 11.9 Å². The Morgan fingerprint density at radius 1 is 1.06 bits per heavy atom. The van der Waals surface area contributed by atoms with E-state index in [4.69, 9.17) is 4.98 Å². The minimum absolute atomic E-state index is 0.110. The molecule has 0 saturated carbocycles. The summed E-state index contributed by atoms with van der Waals surface area (Å²) in [5.74, 6) is 1.38. The lowest BCUT2D eigenvalue weighted by atomic mass is 9.88. The second-order valence-electron chi connectivity index (χ2n) is 9.16. The number of benzene rings is 1. The first-order chi connectivity index (χ1) is 14.8. The summed E-state index contributed by atoms with van der Waals surface area (Å²) in [7, 11) is 2.17. The lowest BCUT2D eigenvalue weighted by Gasteiger charge is -2.34. The molecule has 1 fully saturated rings. The summed E-state index contributed by atoms with van der Waals surface area (Å²) in [6, 6.07) is 8.57. The lowest BCUT2D eigenvalue weighted by molar-refractivity contribution is -0.122. The van der Waals surface area contributed by atoms with Crippen molar-refractivity contribution in [1.82, 2.24) is 14.9 Å². The molecule has 0 radical (unpaired) electrons. The van der Waals surface area contributed by atoms with Crippen LogP contribution in [0.1, 0.15) is 46.1 Å². The molecule has 0 bridgehead atoms. The zero-order chi connectivity index (χ0) is 22.2. The minimum Gasteiger partial charge on any atom is -0.369 e. The first-order valence-corrected chi connectivity index (χ1v) is 11.4.